The second-order valence-corrected chi connectivity index (χ2v) is 4.91. The number of nitrogens with one attached hydrogen (secondary N) is 1. The molecule has 0 unspecified atom stereocenters. The lowest BCUT2D eigenvalue weighted by atomic mass is 10.1. The Bertz CT molecular complexity index is 689. The lowest BCUT2D eigenvalue weighted by molar-refractivity contribution is -0.384. The molecule has 0 heterocycles. The van der Waals surface area contributed by atoms with Crippen molar-refractivity contribution in [2.75, 3.05) is 19.0 Å². The molecule has 2 aromatic rings. The third kappa shape index (κ3) is 4.17. The van der Waals surface area contributed by atoms with Crippen LogP contribution in [0.15, 0.2) is 36.4 Å². The van der Waals surface area contributed by atoms with Crippen LogP contribution in [0.1, 0.15) is 11.1 Å². The van der Waals surface area contributed by atoms with Gasteiger partial charge in [0.05, 0.1) is 24.7 Å². The monoisotopic (exact) mass is 320 g/mol. The van der Waals surface area contributed by atoms with Crippen LogP contribution in [0.25, 0.3) is 0 Å². The van der Waals surface area contributed by atoms with Gasteiger partial charge < -0.3 is 15.2 Å². The first-order valence-corrected chi connectivity index (χ1v) is 6.99. The van der Waals surface area contributed by atoms with Gasteiger partial charge in [0.2, 0.25) is 0 Å². The number of nitrogens with zero attached hydrogens (tertiary/aromatic N) is 1. The van der Waals surface area contributed by atoms with Crippen molar-refractivity contribution in [3.05, 3.63) is 63.5 Å². The second kappa shape index (κ2) is 7.55. The number of rotatable bonds is 7. The molecule has 7 heteroatoms. The molecule has 2 aromatic carbocycles. The van der Waals surface area contributed by atoms with Crippen molar-refractivity contribution in [1.82, 2.24) is 0 Å². The van der Waals surface area contributed by atoms with Gasteiger partial charge in [-0.25, -0.2) is 4.39 Å². The summed E-state index contributed by atoms with van der Waals surface area (Å²) in [5, 5.41) is 22.9. The minimum Gasteiger partial charge on any atom is -0.494 e. The minimum absolute atomic E-state index is 0.0138. The van der Waals surface area contributed by atoms with Crippen LogP contribution < -0.4 is 10.1 Å². The summed E-state index contributed by atoms with van der Waals surface area (Å²) in [6.07, 6.45) is 0.628. The van der Waals surface area contributed by atoms with E-state index in [9.17, 15) is 14.5 Å². The highest BCUT2D eigenvalue weighted by Gasteiger charge is 2.18. The normalized spacial score (nSPS) is 10.4. The van der Waals surface area contributed by atoms with Crippen molar-refractivity contribution >= 4 is 11.4 Å². The number of aliphatic hydroxyl groups is 1. The summed E-state index contributed by atoms with van der Waals surface area (Å²) in [5.74, 6) is -0.824. The van der Waals surface area contributed by atoms with Gasteiger partial charge in [-0.3, -0.25) is 10.1 Å². The van der Waals surface area contributed by atoms with Crippen molar-refractivity contribution in [1.29, 1.82) is 0 Å². The molecule has 0 atom stereocenters. The van der Waals surface area contributed by atoms with Crippen LogP contribution in [-0.4, -0.2) is 23.7 Å². The lowest BCUT2D eigenvalue weighted by Crippen LogP contribution is -2.08. The van der Waals surface area contributed by atoms with Gasteiger partial charge in [-0.1, -0.05) is 24.3 Å². The molecule has 0 saturated heterocycles. The summed E-state index contributed by atoms with van der Waals surface area (Å²) < 4.78 is 18.4. The van der Waals surface area contributed by atoms with Crippen LogP contribution in [0.5, 0.6) is 5.75 Å². The van der Waals surface area contributed by atoms with E-state index in [1.54, 1.807) is 0 Å². The molecule has 0 aromatic heterocycles. The third-order valence-electron chi connectivity index (χ3n) is 3.40. The topological polar surface area (TPSA) is 84.6 Å². The molecular formula is C16H17FN2O4. The Morgan fingerprint density at radius 1 is 1.26 bits per heavy atom. The molecule has 0 bridgehead atoms. The largest absolute Gasteiger partial charge is 0.494 e. The number of hydrogen-bond acceptors (Lipinski definition) is 5. The van der Waals surface area contributed by atoms with Crippen LogP contribution in [0.3, 0.4) is 0 Å². The van der Waals surface area contributed by atoms with Crippen molar-refractivity contribution in [2.24, 2.45) is 0 Å². The van der Waals surface area contributed by atoms with E-state index in [-0.39, 0.29) is 23.7 Å². The number of methoxy groups -OCH3 is 1. The van der Waals surface area contributed by atoms with E-state index in [0.29, 0.717) is 13.0 Å². The molecule has 2 N–H and O–H groups in total. The van der Waals surface area contributed by atoms with E-state index in [2.05, 4.69) is 5.32 Å². The number of benzene rings is 2. The lowest BCUT2D eigenvalue weighted by Gasteiger charge is -2.10. The zero-order valence-corrected chi connectivity index (χ0v) is 12.6. The van der Waals surface area contributed by atoms with Gasteiger partial charge in [-0.05, 0) is 17.5 Å². The molecule has 122 valence electrons. The quantitative estimate of drug-likeness (QED) is 0.605. The first-order valence-electron chi connectivity index (χ1n) is 6.99. The molecule has 0 aliphatic rings. The second-order valence-electron chi connectivity index (χ2n) is 4.91. The van der Waals surface area contributed by atoms with Gasteiger partial charge in [0, 0.05) is 12.6 Å². The van der Waals surface area contributed by atoms with Crippen LogP contribution in [0, 0.1) is 15.9 Å². The number of nitro benzene ring substituents is 1. The zero-order chi connectivity index (χ0) is 16.8. The Morgan fingerprint density at radius 3 is 2.48 bits per heavy atom. The zero-order valence-electron chi connectivity index (χ0n) is 12.6. The van der Waals surface area contributed by atoms with Gasteiger partial charge in [0.1, 0.15) is 5.69 Å². The molecule has 23 heavy (non-hydrogen) atoms. The maximum atomic E-state index is 13.6. The number of anilines is 1. The highest BCUT2D eigenvalue weighted by molar-refractivity contribution is 5.64. The Morgan fingerprint density at radius 2 is 1.91 bits per heavy atom. The summed E-state index contributed by atoms with van der Waals surface area (Å²) in [6.45, 7) is 0.425. The minimum atomic E-state index is -0.774. The summed E-state index contributed by atoms with van der Waals surface area (Å²) in [4.78, 5) is 10.4. The molecule has 0 fully saturated rings. The van der Waals surface area contributed by atoms with Crippen molar-refractivity contribution in [3.8, 4) is 5.75 Å². The van der Waals surface area contributed by atoms with Gasteiger partial charge in [-0.15, -0.1) is 0 Å². The molecule has 0 amide bonds. The maximum Gasteiger partial charge on any atom is 0.295 e. The first-order chi connectivity index (χ1) is 11.0. The van der Waals surface area contributed by atoms with E-state index in [1.807, 2.05) is 24.3 Å². The Kier molecular flexibility index (Phi) is 5.48. The van der Waals surface area contributed by atoms with Crippen molar-refractivity contribution in [2.45, 2.75) is 13.0 Å². The highest BCUT2D eigenvalue weighted by Crippen LogP contribution is 2.31. The molecule has 2 rings (SSSR count). The fourth-order valence-corrected chi connectivity index (χ4v) is 2.14. The molecular weight excluding hydrogens is 303 g/mol. The highest BCUT2D eigenvalue weighted by atomic mass is 19.1. The van der Waals surface area contributed by atoms with E-state index in [0.717, 1.165) is 17.2 Å². The van der Waals surface area contributed by atoms with E-state index in [1.165, 1.54) is 13.2 Å². The standard InChI is InChI=1S/C16H17FN2O4/c1-23-16-9-14(15(19(21)22)8-13(16)17)18-7-6-11-2-4-12(10-20)5-3-11/h2-5,8-9,18,20H,6-7,10H2,1H3. The molecule has 0 radical (unpaired) electrons. The summed E-state index contributed by atoms with van der Waals surface area (Å²) >= 11 is 0. The summed E-state index contributed by atoms with van der Waals surface area (Å²) in [7, 11) is 1.30. The van der Waals surface area contributed by atoms with E-state index in [4.69, 9.17) is 9.84 Å². The Balaban J connectivity index is 2.08. The number of ether oxygens (including phenoxy) is 1. The average Bonchev–Trinajstić information content (AvgIpc) is 2.56. The SMILES string of the molecule is COc1cc(NCCc2ccc(CO)cc2)c([N+](=O)[O-])cc1F. The third-order valence-corrected chi connectivity index (χ3v) is 3.40. The van der Waals surface area contributed by atoms with Gasteiger partial charge in [-0.2, -0.15) is 0 Å². The number of halogens is 1. The Hall–Kier alpha value is -2.67. The summed E-state index contributed by atoms with van der Waals surface area (Å²) in [6, 6.07) is 9.52. The van der Waals surface area contributed by atoms with Crippen molar-refractivity contribution in [3.63, 3.8) is 0 Å². The molecule has 0 aliphatic heterocycles. The maximum absolute atomic E-state index is 13.6. The van der Waals surface area contributed by atoms with Crippen molar-refractivity contribution < 1.29 is 19.2 Å². The number of nitro groups is 1. The molecule has 0 spiro atoms. The van der Waals surface area contributed by atoms with E-state index < -0.39 is 10.7 Å². The van der Waals surface area contributed by atoms with Crippen LogP contribution in [0.2, 0.25) is 0 Å². The smallest absolute Gasteiger partial charge is 0.295 e. The fourth-order valence-electron chi connectivity index (χ4n) is 2.14. The van der Waals surface area contributed by atoms with Gasteiger partial charge in [0.25, 0.3) is 5.69 Å². The fraction of sp³-hybridized carbons (Fsp3) is 0.250. The van der Waals surface area contributed by atoms with Gasteiger partial charge >= 0.3 is 0 Å². The van der Waals surface area contributed by atoms with Crippen LogP contribution in [-0.2, 0) is 13.0 Å². The average molecular weight is 320 g/mol. The molecule has 0 saturated carbocycles. The number of hydrogen-bond donors (Lipinski definition) is 2. The predicted molar refractivity (Wildman–Crippen MR) is 84.2 cm³/mol. The molecule has 0 aliphatic carbocycles. The first kappa shape index (κ1) is 16.7. The molecule has 6 nitrogen and oxygen atoms in total. The van der Waals surface area contributed by atoms with Gasteiger partial charge in [0.15, 0.2) is 11.6 Å². The number of aliphatic hydroxyl groups excluding tert-OH is 1. The predicted octanol–water partition coefficient (Wildman–Crippen LogP) is 2.89. The Labute approximate surface area is 132 Å². The summed E-state index contributed by atoms with van der Waals surface area (Å²) in [5.41, 5.74) is 1.71. The van der Waals surface area contributed by atoms with Crippen LogP contribution in [0.4, 0.5) is 15.8 Å². The van der Waals surface area contributed by atoms with Crippen LogP contribution >= 0.6 is 0 Å². The van der Waals surface area contributed by atoms with E-state index >= 15 is 0 Å².